The maximum absolute atomic E-state index is 12.2. The lowest BCUT2D eigenvalue weighted by atomic mass is 9.93. The molecule has 1 saturated heterocycles. The Hall–Kier alpha value is -0.690. The van der Waals surface area contributed by atoms with Crippen LogP contribution < -0.4 is 0 Å². The van der Waals surface area contributed by atoms with E-state index in [4.69, 9.17) is 11.6 Å². The maximum atomic E-state index is 12.2. The maximum Gasteiger partial charge on any atom is 0.281 e. The van der Waals surface area contributed by atoms with Crippen molar-refractivity contribution >= 4 is 21.8 Å². The van der Waals surface area contributed by atoms with Crippen LogP contribution >= 0.6 is 11.6 Å². The van der Waals surface area contributed by atoms with Gasteiger partial charge in [0.2, 0.25) is 0 Å². The van der Waals surface area contributed by atoms with E-state index in [1.165, 1.54) is 4.31 Å². The molecule has 20 heavy (non-hydrogen) atoms. The molecule has 1 aromatic rings. The SMILES string of the molecule is CN(C)S(=O)(=O)N1CCCC(Cc2cccnc2Cl)C1. The first-order chi connectivity index (χ1) is 9.41. The van der Waals surface area contributed by atoms with Crippen molar-refractivity contribution < 1.29 is 8.42 Å². The third-order valence-corrected chi connectivity index (χ3v) is 5.86. The van der Waals surface area contributed by atoms with Gasteiger partial charge >= 0.3 is 0 Å². The molecule has 7 heteroatoms. The molecule has 2 heterocycles. The van der Waals surface area contributed by atoms with Crippen LogP contribution in [0.3, 0.4) is 0 Å². The second-order valence-electron chi connectivity index (χ2n) is 5.31. The molecular formula is C13H20ClN3O2S. The molecule has 1 fully saturated rings. The monoisotopic (exact) mass is 317 g/mol. The molecule has 1 atom stereocenters. The summed E-state index contributed by atoms with van der Waals surface area (Å²) in [5.41, 5.74) is 0.989. The van der Waals surface area contributed by atoms with E-state index in [0.717, 1.165) is 24.8 Å². The normalized spacial score (nSPS) is 21.3. The Balaban J connectivity index is 2.07. The van der Waals surface area contributed by atoms with Gasteiger partial charge < -0.3 is 0 Å². The predicted molar refractivity (Wildman–Crippen MR) is 79.9 cm³/mol. The lowest BCUT2D eigenvalue weighted by molar-refractivity contribution is 0.254. The number of hydrogen-bond acceptors (Lipinski definition) is 3. The number of halogens is 1. The van der Waals surface area contributed by atoms with Crippen LogP contribution in [0.4, 0.5) is 0 Å². The van der Waals surface area contributed by atoms with Crippen molar-refractivity contribution in [1.82, 2.24) is 13.6 Å². The van der Waals surface area contributed by atoms with E-state index in [9.17, 15) is 8.42 Å². The van der Waals surface area contributed by atoms with Crippen molar-refractivity contribution in [3.63, 3.8) is 0 Å². The Morgan fingerprint density at radius 3 is 2.90 bits per heavy atom. The highest BCUT2D eigenvalue weighted by molar-refractivity contribution is 7.86. The number of hydrogen-bond donors (Lipinski definition) is 0. The highest BCUT2D eigenvalue weighted by Gasteiger charge is 2.30. The molecule has 0 radical (unpaired) electrons. The van der Waals surface area contributed by atoms with Gasteiger partial charge in [0.25, 0.3) is 10.2 Å². The van der Waals surface area contributed by atoms with Crippen molar-refractivity contribution in [3.05, 3.63) is 29.0 Å². The Morgan fingerprint density at radius 1 is 1.50 bits per heavy atom. The van der Waals surface area contributed by atoms with Gasteiger partial charge in [0.05, 0.1) is 0 Å². The zero-order valence-electron chi connectivity index (χ0n) is 11.8. The van der Waals surface area contributed by atoms with Crippen LogP contribution in [0, 0.1) is 5.92 Å². The van der Waals surface area contributed by atoms with Crippen molar-refractivity contribution in [2.45, 2.75) is 19.3 Å². The van der Waals surface area contributed by atoms with Crippen LogP contribution in [0.2, 0.25) is 5.15 Å². The number of aromatic nitrogens is 1. The van der Waals surface area contributed by atoms with Gasteiger partial charge in [-0.1, -0.05) is 17.7 Å². The van der Waals surface area contributed by atoms with Gasteiger partial charge in [-0.15, -0.1) is 0 Å². The number of rotatable bonds is 4. The summed E-state index contributed by atoms with van der Waals surface area (Å²) in [6.45, 7) is 1.14. The zero-order chi connectivity index (χ0) is 14.8. The summed E-state index contributed by atoms with van der Waals surface area (Å²) < 4.78 is 27.2. The largest absolute Gasteiger partial charge is 0.281 e. The first-order valence-electron chi connectivity index (χ1n) is 6.68. The zero-order valence-corrected chi connectivity index (χ0v) is 13.4. The first kappa shape index (κ1) is 15.7. The van der Waals surface area contributed by atoms with Gasteiger partial charge in [-0.25, -0.2) is 4.98 Å². The standard InChI is InChI=1S/C13H20ClN3O2S/c1-16(2)20(18,19)17-8-4-5-11(10-17)9-12-6-3-7-15-13(12)14/h3,6-7,11H,4-5,8-10H2,1-2H3. The molecule has 112 valence electrons. The van der Waals surface area contributed by atoms with Crippen LogP contribution in [0.15, 0.2) is 18.3 Å². The highest BCUT2D eigenvalue weighted by Crippen LogP contribution is 2.25. The highest BCUT2D eigenvalue weighted by atomic mass is 35.5. The summed E-state index contributed by atoms with van der Waals surface area (Å²) in [6, 6.07) is 3.81. The fourth-order valence-corrected chi connectivity index (χ4v) is 3.93. The van der Waals surface area contributed by atoms with Gasteiger partial charge in [0, 0.05) is 33.4 Å². The lowest BCUT2D eigenvalue weighted by Crippen LogP contribution is -2.45. The van der Waals surface area contributed by atoms with E-state index in [1.54, 1.807) is 24.6 Å². The third-order valence-electron chi connectivity index (χ3n) is 3.61. The molecular weight excluding hydrogens is 298 g/mol. The van der Waals surface area contributed by atoms with Crippen LogP contribution in [0.25, 0.3) is 0 Å². The summed E-state index contributed by atoms with van der Waals surface area (Å²) in [4.78, 5) is 4.07. The van der Waals surface area contributed by atoms with Gasteiger partial charge in [-0.3, -0.25) is 0 Å². The van der Waals surface area contributed by atoms with E-state index in [0.29, 0.717) is 24.2 Å². The minimum atomic E-state index is -3.32. The van der Waals surface area contributed by atoms with Gasteiger partial charge in [0.15, 0.2) is 0 Å². The van der Waals surface area contributed by atoms with Crippen molar-refractivity contribution in [3.8, 4) is 0 Å². The molecule has 0 aliphatic carbocycles. The summed E-state index contributed by atoms with van der Waals surface area (Å²) >= 11 is 6.07. The molecule has 0 N–H and O–H groups in total. The van der Waals surface area contributed by atoms with E-state index in [2.05, 4.69) is 4.98 Å². The molecule has 2 rings (SSSR count). The van der Waals surface area contributed by atoms with E-state index in [1.807, 2.05) is 12.1 Å². The molecule has 5 nitrogen and oxygen atoms in total. The average molecular weight is 318 g/mol. The average Bonchev–Trinajstić information content (AvgIpc) is 2.41. The predicted octanol–water partition coefficient (Wildman–Crippen LogP) is 1.80. The van der Waals surface area contributed by atoms with Gasteiger partial charge in [0.1, 0.15) is 5.15 Å². The minimum Gasteiger partial charge on any atom is -0.244 e. The van der Waals surface area contributed by atoms with Crippen molar-refractivity contribution in [2.75, 3.05) is 27.2 Å². The Bertz CT molecular complexity index is 562. The quantitative estimate of drug-likeness (QED) is 0.796. The third kappa shape index (κ3) is 3.49. The minimum absolute atomic E-state index is 0.292. The molecule has 1 unspecified atom stereocenters. The molecule has 0 amide bonds. The molecule has 0 spiro atoms. The van der Waals surface area contributed by atoms with Crippen LogP contribution in [-0.2, 0) is 16.6 Å². The molecule has 0 saturated carbocycles. The van der Waals surface area contributed by atoms with E-state index in [-0.39, 0.29) is 0 Å². The van der Waals surface area contributed by atoms with E-state index >= 15 is 0 Å². The Morgan fingerprint density at radius 2 is 2.25 bits per heavy atom. The number of pyridine rings is 1. The summed E-state index contributed by atoms with van der Waals surface area (Å²) in [6.07, 6.45) is 4.34. The summed E-state index contributed by atoms with van der Waals surface area (Å²) in [7, 11) is -0.184. The number of piperidine rings is 1. The summed E-state index contributed by atoms with van der Waals surface area (Å²) in [5, 5.41) is 0.514. The molecule has 1 aromatic heterocycles. The number of nitrogens with zero attached hydrogens (tertiary/aromatic N) is 3. The smallest absolute Gasteiger partial charge is 0.244 e. The Labute approximate surface area is 125 Å². The summed E-state index contributed by atoms with van der Waals surface area (Å²) in [5.74, 6) is 0.292. The molecule has 1 aliphatic heterocycles. The topological polar surface area (TPSA) is 53.5 Å². The van der Waals surface area contributed by atoms with Crippen LogP contribution in [-0.4, -0.2) is 49.2 Å². The molecule has 0 bridgehead atoms. The van der Waals surface area contributed by atoms with Crippen molar-refractivity contribution in [2.24, 2.45) is 5.92 Å². The van der Waals surface area contributed by atoms with E-state index < -0.39 is 10.2 Å². The van der Waals surface area contributed by atoms with Crippen LogP contribution in [0.5, 0.6) is 0 Å². The second kappa shape index (κ2) is 6.39. The van der Waals surface area contributed by atoms with Gasteiger partial charge in [-0.2, -0.15) is 17.0 Å². The molecule has 1 aliphatic rings. The lowest BCUT2D eigenvalue weighted by Gasteiger charge is -2.33. The van der Waals surface area contributed by atoms with Crippen LogP contribution in [0.1, 0.15) is 18.4 Å². The van der Waals surface area contributed by atoms with Crippen molar-refractivity contribution in [1.29, 1.82) is 0 Å². The van der Waals surface area contributed by atoms with Gasteiger partial charge in [-0.05, 0) is 36.8 Å². The fraction of sp³-hybridized carbons (Fsp3) is 0.615. The first-order valence-corrected chi connectivity index (χ1v) is 8.45. The Kier molecular flexibility index (Phi) is 5.01. The molecule has 0 aromatic carbocycles. The second-order valence-corrected chi connectivity index (χ2v) is 7.81. The fourth-order valence-electron chi connectivity index (χ4n) is 2.52.